The van der Waals surface area contributed by atoms with E-state index in [4.69, 9.17) is 14.6 Å². The van der Waals surface area contributed by atoms with Crippen molar-refractivity contribution >= 4 is 17.7 Å². The first-order valence-corrected chi connectivity index (χ1v) is 6.44. The van der Waals surface area contributed by atoms with Crippen molar-refractivity contribution in [3.63, 3.8) is 0 Å². The second kappa shape index (κ2) is 7.92. The van der Waals surface area contributed by atoms with Crippen molar-refractivity contribution in [2.45, 2.75) is 37.7 Å². The monoisotopic (exact) mass is 266 g/mol. The van der Waals surface area contributed by atoms with Gasteiger partial charge in [-0.2, -0.15) is 0 Å². The average molecular weight is 266 g/mol. The van der Waals surface area contributed by atoms with Crippen LogP contribution >= 0.6 is 11.8 Å². The maximum Gasteiger partial charge on any atom is 0.319 e. The first kappa shape index (κ1) is 16.7. The quantitative estimate of drug-likeness (QED) is 0.648. The Morgan fingerprint density at radius 1 is 1.41 bits per heavy atom. The average Bonchev–Trinajstić information content (AvgIpc) is 2.24. The minimum atomic E-state index is -0.890. The smallest absolute Gasteiger partial charge is 0.319 e. The zero-order valence-electron chi connectivity index (χ0n) is 10.8. The number of rotatable bonds is 9. The second-order valence-corrected chi connectivity index (χ2v) is 6.02. The van der Waals surface area contributed by atoms with Gasteiger partial charge in [0.2, 0.25) is 0 Å². The minimum Gasteiger partial charge on any atom is -0.480 e. The van der Waals surface area contributed by atoms with Gasteiger partial charge in [0.1, 0.15) is 4.75 Å². The molecule has 0 amide bonds. The molecular weight excluding hydrogens is 244 g/mol. The topological polar surface area (TPSA) is 76.0 Å². The van der Waals surface area contributed by atoms with Gasteiger partial charge in [0.15, 0.2) is 0 Å². The van der Waals surface area contributed by atoms with E-state index >= 15 is 0 Å². The molecule has 2 N–H and O–H groups in total. The number of aliphatic hydroxyl groups is 1. The maximum atomic E-state index is 10.8. The highest BCUT2D eigenvalue weighted by Gasteiger charge is 2.28. The molecule has 0 aromatic heterocycles. The molecule has 0 aliphatic heterocycles. The molecule has 0 saturated heterocycles. The van der Waals surface area contributed by atoms with E-state index < -0.39 is 16.8 Å². The van der Waals surface area contributed by atoms with Crippen molar-refractivity contribution in [2.24, 2.45) is 0 Å². The van der Waals surface area contributed by atoms with Crippen molar-refractivity contribution in [3.05, 3.63) is 0 Å². The molecule has 2 unspecified atom stereocenters. The molecule has 0 heterocycles. The number of aliphatic hydroxyl groups excluding tert-OH is 1. The first-order chi connectivity index (χ1) is 7.79. The normalized spacial score (nSPS) is 15.6. The number of carbonyl (C=O) groups is 1. The van der Waals surface area contributed by atoms with Gasteiger partial charge < -0.3 is 19.7 Å². The van der Waals surface area contributed by atoms with Crippen LogP contribution in [0.15, 0.2) is 0 Å². The third kappa shape index (κ3) is 7.59. The summed E-state index contributed by atoms with van der Waals surface area (Å²) in [5.41, 5.74) is 0. The molecular formula is C11H22O5S. The van der Waals surface area contributed by atoms with Crippen molar-refractivity contribution in [1.29, 1.82) is 0 Å². The Kier molecular flexibility index (Phi) is 7.78. The highest BCUT2D eigenvalue weighted by atomic mass is 32.2. The van der Waals surface area contributed by atoms with Crippen LogP contribution in [0.3, 0.4) is 0 Å². The number of ether oxygens (including phenoxy) is 2. The minimum absolute atomic E-state index is 0.0767. The first-order valence-electron chi connectivity index (χ1n) is 5.45. The second-order valence-electron chi connectivity index (χ2n) is 4.38. The van der Waals surface area contributed by atoms with Crippen molar-refractivity contribution in [2.75, 3.05) is 26.1 Å². The summed E-state index contributed by atoms with van der Waals surface area (Å²) < 4.78 is 9.34. The lowest BCUT2D eigenvalue weighted by Gasteiger charge is -2.21. The van der Waals surface area contributed by atoms with Gasteiger partial charge in [-0.15, -0.1) is 11.8 Å². The maximum absolute atomic E-state index is 10.8. The number of aliphatic carboxylic acids is 1. The Morgan fingerprint density at radius 3 is 2.47 bits per heavy atom. The van der Waals surface area contributed by atoms with E-state index in [0.717, 1.165) is 0 Å². The van der Waals surface area contributed by atoms with Crippen LogP contribution in [0.2, 0.25) is 0 Å². The molecule has 0 aliphatic rings. The number of carboxylic acid groups (broad SMARTS) is 1. The van der Waals surface area contributed by atoms with Gasteiger partial charge in [-0.1, -0.05) is 0 Å². The lowest BCUT2D eigenvalue weighted by molar-refractivity contribution is -0.138. The number of hydrogen-bond donors (Lipinski definition) is 2. The summed E-state index contributed by atoms with van der Waals surface area (Å²) in [6.45, 7) is 5.74. The number of methoxy groups -OCH3 is 1. The summed E-state index contributed by atoms with van der Waals surface area (Å²) in [6, 6.07) is 0. The lowest BCUT2D eigenvalue weighted by Crippen LogP contribution is -2.31. The van der Waals surface area contributed by atoms with E-state index in [0.29, 0.717) is 12.4 Å². The van der Waals surface area contributed by atoms with E-state index in [1.807, 2.05) is 6.92 Å². The Bertz CT molecular complexity index is 232. The number of hydrogen-bond acceptors (Lipinski definition) is 5. The van der Waals surface area contributed by atoms with Crippen molar-refractivity contribution in [1.82, 2.24) is 0 Å². The van der Waals surface area contributed by atoms with Gasteiger partial charge >= 0.3 is 5.97 Å². The van der Waals surface area contributed by atoms with E-state index in [-0.39, 0.29) is 12.7 Å². The molecule has 0 saturated carbocycles. The predicted molar refractivity (Wildman–Crippen MR) is 67.5 cm³/mol. The standard InChI is InChI=1S/C11H22O5S/c1-8(5-15-4)16-6-9(12)7-17-11(2,3)10(13)14/h8-9,12H,5-7H2,1-4H3,(H,13,14). The molecule has 5 nitrogen and oxygen atoms in total. The molecule has 17 heavy (non-hydrogen) atoms. The van der Waals surface area contributed by atoms with Crippen LogP contribution in [0.25, 0.3) is 0 Å². The van der Waals surface area contributed by atoms with Crippen molar-refractivity contribution in [3.8, 4) is 0 Å². The van der Waals surface area contributed by atoms with Crippen LogP contribution in [-0.4, -0.2) is 59.2 Å². The Hall–Kier alpha value is -0.300. The molecule has 0 aliphatic carbocycles. The SMILES string of the molecule is COCC(C)OCC(O)CSC(C)(C)C(=O)O. The van der Waals surface area contributed by atoms with Crippen molar-refractivity contribution < 1.29 is 24.5 Å². The summed E-state index contributed by atoms with van der Waals surface area (Å²) in [4.78, 5) is 10.8. The fraction of sp³-hybridized carbons (Fsp3) is 0.909. The van der Waals surface area contributed by atoms with Gasteiger partial charge in [0, 0.05) is 12.9 Å². The van der Waals surface area contributed by atoms with Crippen LogP contribution in [0, 0.1) is 0 Å². The molecule has 0 bridgehead atoms. The number of thioether (sulfide) groups is 1. The van der Waals surface area contributed by atoms with Gasteiger partial charge in [-0.3, -0.25) is 4.79 Å². The number of carboxylic acids is 1. The zero-order chi connectivity index (χ0) is 13.5. The zero-order valence-corrected chi connectivity index (χ0v) is 11.6. The van der Waals surface area contributed by atoms with Gasteiger partial charge in [-0.25, -0.2) is 0 Å². The third-order valence-electron chi connectivity index (χ3n) is 2.13. The van der Waals surface area contributed by atoms with Crippen LogP contribution in [-0.2, 0) is 14.3 Å². The van der Waals surface area contributed by atoms with E-state index in [2.05, 4.69) is 0 Å². The molecule has 0 fully saturated rings. The van der Waals surface area contributed by atoms with Gasteiger partial charge in [0.05, 0.1) is 25.4 Å². The van der Waals surface area contributed by atoms with E-state index in [1.165, 1.54) is 11.8 Å². The fourth-order valence-corrected chi connectivity index (χ4v) is 1.80. The Labute approximate surface area is 106 Å². The lowest BCUT2D eigenvalue weighted by atomic mass is 10.2. The molecule has 2 atom stereocenters. The molecule has 0 aromatic carbocycles. The van der Waals surface area contributed by atoms with Crippen LogP contribution < -0.4 is 0 Å². The molecule has 0 radical (unpaired) electrons. The van der Waals surface area contributed by atoms with E-state index in [9.17, 15) is 9.90 Å². The largest absolute Gasteiger partial charge is 0.480 e. The van der Waals surface area contributed by atoms with Crippen LogP contribution in [0.1, 0.15) is 20.8 Å². The summed E-state index contributed by atoms with van der Waals surface area (Å²) in [5, 5.41) is 18.5. The summed E-state index contributed by atoms with van der Waals surface area (Å²) in [5.74, 6) is -0.553. The molecule has 0 aromatic rings. The summed E-state index contributed by atoms with van der Waals surface area (Å²) >= 11 is 1.20. The van der Waals surface area contributed by atoms with Gasteiger partial charge in [-0.05, 0) is 20.8 Å². The summed E-state index contributed by atoms with van der Waals surface area (Å²) in [7, 11) is 1.58. The fourth-order valence-electron chi connectivity index (χ4n) is 0.973. The molecule has 6 heteroatoms. The van der Waals surface area contributed by atoms with E-state index in [1.54, 1.807) is 21.0 Å². The third-order valence-corrected chi connectivity index (χ3v) is 3.57. The van der Waals surface area contributed by atoms with Gasteiger partial charge in [0.25, 0.3) is 0 Å². The Morgan fingerprint density at radius 2 is 2.00 bits per heavy atom. The summed E-state index contributed by atoms with van der Waals surface area (Å²) in [6.07, 6.45) is -0.745. The van der Waals surface area contributed by atoms with Crippen LogP contribution in [0.5, 0.6) is 0 Å². The highest BCUT2D eigenvalue weighted by Crippen LogP contribution is 2.25. The molecule has 0 spiro atoms. The highest BCUT2D eigenvalue weighted by molar-refractivity contribution is 8.01. The van der Waals surface area contributed by atoms with Crippen LogP contribution in [0.4, 0.5) is 0 Å². The Balaban J connectivity index is 3.80. The molecule has 0 rings (SSSR count). The molecule has 102 valence electrons. The predicted octanol–water partition coefficient (Wildman–Crippen LogP) is 0.995.